The number of nitrogens with one attached hydrogen (secondary N) is 1. The predicted octanol–water partition coefficient (Wildman–Crippen LogP) is 2.61. The van der Waals surface area contributed by atoms with Crippen LogP contribution in [0.5, 0.6) is 5.75 Å². The molecule has 0 amide bonds. The van der Waals surface area contributed by atoms with Gasteiger partial charge < -0.3 is 14.5 Å². The first kappa shape index (κ1) is 12.1. The third-order valence-corrected chi connectivity index (χ3v) is 2.54. The molecule has 4 nitrogen and oxygen atoms in total. The summed E-state index contributed by atoms with van der Waals surface area (Å²) in [6.07, 6.45) is 5.08. The van der Waals surface area contributed by atoms with Crippen LogP contribution in [0.2, 0.25) is 0 Å². The number of aromatic nitrogens is 1. The van der Waals surface area contributed by atoms with E-state index in [0.29, 0.717) is 13.2 Å². The quantitative estimate of drug-likeness (QED) is 0.833. The van der Waals surface area contributed by atoms with Crippen molar-refractivity contribution < 1.29 is 9.15 Å². The van der Waals surface area contributed by atoms with Gasteiger partial charge in [0.25, 0.3) is 0 Å². The number of pyridine rings is 1. The highest BCUT2D eigenvalue weighted by Crippen LogP contribution is 2.15. The van der Waals surface area contributed by atoms with Crippen molar-refractivity contribution in [2.24, 2.45) is 0 Å². The molecule has 0 aliphatic heterocycles. The predicted molar refractivity (Wildman–Crippen MR) is 67.8 cm³/mol. The third kappa shape index (κ3) is 4.20. The molecule has 0 unspecified atom stereocenters. The molecule has 0 aliphatic rings. The van der Waals surface area contributed by atoms with Crippen LogP contribution >= 0.6 is 15.9 Å². The molecule has 0 radical (unpaired) electrons. The summed E-state index contributed by atoms with van der Waals surface area (Å²) in [4.78, 5) is 4.02. The van der Waals surface area contributed by atoms with E-state index in [-0.39, 0.29) is 0 Å². The molecular formula is C12H13BrN2O2. The van der Waals surface area contributed by atoms with Crippen LogP contribution < -0.4 is 10.1 Å². The van der Waals surface area contributed by atoms with Crippen molar-refractivity contribution in [2.45, 2.75) is 6.54 Å². The van der Waals surface area contributed by atoms with E-state index in [9.17, 15) is 0 Å². The molecule has 0 aromatic carbocycles. The van der Waals surface area contributed by atoms with E-state index in [1.807, 2.05) is 18.2 Å². The fraction of sp³-hybridized carbons (Fsp3) is 0.250. The average Bonchev–Trinajstić information content (AvgIpc) is 2.82. The molecule has 2 aromatic heterocycles. The highest BCUT2D eigenvalue weighted by atomic mass is 79.9. The van der Waals surface area contributed by atoms with E-state index in [2.05, 4.69) is 26.2 Å². The van der Waals surface area contributed by atoms with Crippen LogP contribution in [0.1, 0.15) is 5.76 Å². The van der Waals surface area contributed by atoms with Crippen LogP contribution in [0.3, 0.4) is 0 Å². The molecule has 0 saturated carbocycles. The van der Waals surface area contributed by atoms with Gasteiger partial charge in [-0.05, 0) is 34.1 Å². The van der Waals surface area contributed by atoms with Gasteiger partial charge in [0, 0.05) is 17.2 Å². The Morgan fingerprint density at radius 2 is 2.35 bits per heavy atom. The zero-order valence-corrected chi connectivity index (χ0v) is 10.8. The molecule has 2 heterocycles. The Labute approximate surface area is 108 Å². The summed E-state index contributed by atoms with van der Waals surface area (Å²) in [5.74, 6) is 1.69. The number of furan rings is 1. The van der Waals surface area contributed by atoms with Gasteiger partial charge in [-0.2, -0.15) is 0 Å². The van der Waals surface area contributed by atoms with Crippen LogP contribution in [0.15, 0.2) is 45.7 Å². The van der Waals surface area contributed by atoms with Crippen molar-refractivity contribution in [3.8, 4) is 5.75 Å². The van der Waals surface area contributed by atoms with Crippen molar-refractivity contribution in [3.05, 3.63) is 47.1 Å². The Balaban J connectivity index is 1.63. The lowest BCUT2D eigenvalue weighted by Gasteiger charge is -2.06. The molecule has 1 N–H and O–H groups in total. The number of ether oxygens (including phenoxy) is 1. The van der Waals surface area contributed by atoms with E-state index >= 15 is 0 Å². The number of hydrogen-bond donors (Lipinski definition) is 1. The van der Waals surface area contributed by atoms with Gasteiger partial charge in [-0.15, -0.1) is 0 Å². The van der Waals surface area contributed by atoms with Gasteiger partial charge >= 0.3 is 0 Å². The lowest BCUT2D eigenvalue weighted by atomic mass is 10.4. The topological polar surface area (TPSA) is 47.3 Å². The maximum absolute atomic E-state index is 5.52. The Bertz CT molecular complexity index is 446. The summed E-state index contributed by atoms with van der Waals surface area (Å²) >= 11 is 3.34. The van der Waals surface area contributed by atoms with Crippen molar-refractivity contribution in [3.63, 3.8) is 0 Å². The summed E-state index contributed by atoms with van der Waals surface area (Å²) in [6.45, 7) is 2.07. The second kappa shape index (κ2) is 6.42. The minimum absolute atomic E-state index is 0.596. The second-order valence-corrected chi connectivity index (χ2v) is 4.36. The molecular weight excluding hydrogens is 284 g/mol. The first-order chi connectivity index (χ1) is 8.34. The fourth-order valence-electron chi connectivity index (χ4n) is 1.34. The highest BCUT2D eigenvalue weighted by molar-refractivity contribution is 9.10. The molecule has 0 spiro atoms. The first-order valence-electron chi connectivity index (χ1n) is 5.31. The molecule has 0 atom stereocenters. The largest absolute Gasteiger partial charge is 0.491 e. The van der Waals surface area contributed by atoms with Gasteiger partial charge in [0.15, 0.2) is 0 Å². The molecule has 0 bridgehead atoms. The van der Waals surface area contributed by atoms with Gasteiger partial charge in [0.2, 0.25) is 0 Å². The number of hydrogen-bond acceptors (Lipinski definition) is 4. The smallest absolute Gasteiger partial charge is 0.138 e. The van der Waals surface area contributed by atoms with Gasteiger partial charge in [0.1, 0.15) is 18.1 Å². The van der Waals surface area contributed by atoms with Gasteiger partial charge in [-0.25, -0.2) is 0 Å². The third-order valence-electron chi connectivity index (χ3n) is 2.11. The molecule has 90 valence electrons. The van der Waals surface area contributed by atoms with Crippen molar-refractivity contribution in [1.82, 2.24) is 10.3 Å². The average molecular weight is 297 g/mol. The fourth-order valence-corrected chi connectivity index (χ4v) is 1.68. The van der Waals surface area contributed by atoms with Gasteiger partial charge in [-0.1, -0.05) is 0 Å². The lowest BCUT2D eigenvalue weighted by Crippen LogP contribution is -2.20. The summed E-state index contributed by atoms with van der Waals surface area (Å²) in [6, 6.07) is 5.70. The van der Waals surface area contributed by atoms with Crippen LogP contribution in [0.25, 0.3) is 0 Å². The zero-order chi connectivity index (χ0) is 11.9. The number of rotatable bonds is 6. The van der Waals surface area contributed by atoms with Gasteiger partial charge in [-0.3, -0.25) is 4.98 Å². The van der Waals surface area contributed by atoms with E-state index in [1.165, 1.54) is 0 Å². The maximum Gasteiger partial charge on any atom is 0.138 e. The van der Waals surface area contributed by atoms with Crippen molar-refractivity contribution >= 4 is 15.9 Å². The summed E-state index contributed by atoms with van der Waals surface area (Å²) in [7, 11) is 0. The minimum atomic E-state index is 0.596. The summed E-state index contributed by atoms with van der Waals surface area (Å²) in [5, 5.41) is 3.22. The van der Waals surface area contributed by atoms with Gasteiger partial charge in [0.05, 0.1) is 19.0 Å². The van der Waals surface area contributed by atoms with Crippen LogP contribution in [-0.2, 0) is 6.54 Å². The second-order valence-electron chi connectivity index (χ2n) is 3.44. The minimum Gasteiger partial charge on any atom is -0.491 e. The Kier molecular flexibility index (Phi) is 4.58. The van der Waals surface area contributed by atoms with E-state index in [1.54, 1.807) is 18.7 Å². The number of nitrogens with zero attached hydrogens (tertiary/aromatic N) is 1. The molecule has 0 saturated heterocycles. The van der Waals surface area contributed by atoms with Crippen LogP contribution in [-0.4, -0.2) is 18.1 Å². The Hall–Kier alpha value is -1.33. The molecule has 0 aliphatic carbocycles. The standard InChI is InChI=1S/C12H13BrN2O2/c13-10-6-12(9-15-7-10)17-5-3-14-8-11-2-1-4-16-11/h1-2,4,6-7,9,14H,3,5,8H2. The molecule has 17 heavy (non-hydrogen) atoms. The molecule has 5 heteroatoms. The monoisotopic (exact) mass is 296 g/mol. The molecule has 0 fully saturated rings. The van der Waals surface area contributed by atoms with E-state index in [0.717, 1.165) is 22.5 Å². The first-order valence-corrected chi connectivity index (χ1v) is 6.10. The normalized spacial score (nSPS) is 10.4. The van der Waals surface area contributed by atoms with Crippen LogP contribution in [0.4, 0.5) is 0 Å². The highest BCUT2D eigenvalue weighted by Gasteiger charge is 1.96. The van der Waals surface area contributed by atoms with E-state index in [4.69, 9.17) is 9.15 Å². The molecule has 2 aromatic rings. The van der Waals surface area contributed by atoms with Crippen LogP contribution in [0, 0.1) is 0 Å². The van der Waals surface area contributed by atoms with Crippen molar-refractivity contribution in [1.29, 1.82) is 0 Å². The van der Waals surface area contributed by atoms with Crippen molar-refractivity contribution in [2.75, 3.05) is 13.2 Å². The summed E-state index contributed by atoms with van der Waals surface area (Å²) < 4.78 is 11.6. The lowest BCUT2D eigenvalue weighted by molar-refractivity contribution is 0.309. The summed E-state index contributed by atoms with van der Waals surface area (Å²) in [5.41, 5.74) is 0. The Morgan fingerprint density at radius 1 is 1.41 bits per heavy atom. The van der Waals surface area contributed by atoms with E-state index < -0.39 is 0 Å². The zero-order valence-electron chi connectivity index (χ0n) is 9.23. The maximum atomic E-state index is 5.52. The number of halogens is 1. The Morgan fingerprint density at radius 3 is 3.12 bits per heavy atom. The molecule has 2 rings (SSSR count). The SMILES string of the molecule is Brc1cncc(OCCNCc2ccco2)c1.